The molecule has 10 heteroatoms. The van der Waals surface area contributed by atoms with Gasteiger partial charge in [0.25, 0.3) is 0 Å². The molecule has 0 bridgehead atoms. The van der Waals surface area contributed by atoms with Crippen molar-refractivity contribution in [3.05, 3.63) is 85.1 Å². The highest BCUT2D eigenvalue weighted by Crippen LogP contribution is 2.43. The number of rotatable bonds is 59. The van der Waals surface area contributed by atoms with Crippen molar-refractivity contribution in [2.75, 3.05) is 40.9 Å². The minimum atomic E-state index is -4.46. The highest BCUT2D eigenvalue weighted by molar-refractivity contribution is 7.47. The molecule has 0 fully saturated rings. The first-order valence-corrected chi connectivity index (χ1v) is 34.4. The number of quaternary nitrogens is 1. The second kappa shape index (κ2) is 58.4. The molecule has 3 atom stereocenters. The summed E-state index contributed by atoms with van der Waals surface area (Å²) >= 11 is 0. The molecule has 0 aliphatic rings. The Balaban J connectivity index is 5.17. The van der Waals surface area contributed by atoms with E-state index in [-0.39, 0.29) is 31.5 Å². The van der Waals surface area contributed by atoms with Crippen molar-refractivity contribution in [2.24, 2.45) is 0 Å². The SMILES string of the molecule is CC/C=C\C/C=C\C/C=C\C/C=C\C/C=C\CCCCCCCCCCCC(=O)NC(COP(=O)(O)OCC[N+](C)(C)C)C(/C=C\CCCCCCCCCCCCC)OC(=O)CCCCCCCCC/C=C\CCCCCC. The van der Waals surface area contributed by atoms with Crippen molar-refractivity contribution in [1.82, 2.24) is 5.32 Å². The van der Waals surface area contributed by atoms with Crippen LogP contribution in [0.15, 0.2) is 85.1 Å². The largest absolute Gasteiger partial charge is 0.472 e. The summed E-state index contributed by atoms with van der Waals surface area (Å²) in [5.41, 5.74) is 0. The molecule has 0 heterocycles. The third-order valence-electron chi connectivity index (χ3n) is 14.3. The van der Waals surface area contributed by atoms with Gasteiger partial charge in [0.2, 0.25) is 5.91 Å². The van der Waals surface area contributed by atoms with Crippen molar-refractivity contribution in [1.29, 1.82) is 0 Å². The lowest BCUT2D eigenvalue weighted by atomic mass is 10.0. The van der Waals surface area contributed by atoms with Gasteiger partial charge in [-0.1, -0.05) is 260 Å². The average molecular weight is 1130 g/mol. The van der Waals surface area contributed by atoms with E-state index in [2.05, 4.69) is 99.0 Å². The number of ether oxygens (including phenoxy) is 1. The van der Waals surface area contributed by atoms with Crippen LogP contribution >= 0.6 is 7.82 Å². The molecule has 3 unspecified atom stereocenters. The van der Waals surface area contributed by atoms with Gasteiger partial charge in [0.1, 0.15) is 19.3 Å². The topological polar surface area (TPSA) is 111 Å². The molecule has 0 radical (unpaired) electrons. The second-order valence-corrected chi connectivity index (χ2v) is 24.7. The third kappa shape index (κ3) is 59.6. The standard InChI is InChI=1S/C69H125N2O7P/c1-7-10-13-16-19-22-25-28-30-31-32-33-34-35-36-37-38-39-41-43-46-49-52-55-58-61-68(72)70-66(65-77-79(74,75)76-64-63-71(4,5)6)67(60-57-54-51-48-45-42-27-24-21-18-15-12-9-3)78-69(73)62-59-56-53-50-47-44-40-29-26-23-20-17-14-11-8-2/h10,13,19,22-23,26,28,30,32-33,35-36,57,60,66-67H,7-9,11-12,14-18,20-21,24-25,27,29,31,34,37-56,58-59,61-65H2,1-6H3,(H-,70,72,74,75)/p+1/b13-10-,22-19-,26-23-,30-28-,33-32-,36-35-,60-57-. The monoisotopic (exact) mass is 1130 g/mol. The van der Waals surface area contributed by atoms with Crippen LogP contribution in [0.1, 0.15) is 290 Å². The molecule has 1 amide bonds. The highest BCUT2D eigenvalue weighted by Gasteiger charge is 2.30. The summed E-state index contributed by atoms with van der Waals surface area (Å²) in [6.07, 6.45) is 77.2. The number of likely N-dealkylation sites (N-methyl/N-ethyl adjacent to an activating group) is 1. The zero-order valence-corrected chi connectivity index (χ0v) is 53.2. The van der Waals surface area contributed by atoms with E-state index in [1.807, 2.05) is 33.3 Å². The van der Waals surface area contributed by atoms with Gasteiger partial charge >= 0.3 is 13.8 Å². The Morgan fingerprint density at radius 2 is 0.810 bits per heavy atom. The molecule has 9 nitrogen and oxygen atoms in total. The Morgan fingerprint density at radius 3 is 1.24 bits per heavy atom. The Bertz CT molecular complexity index is 1630. The van der Waals surface area contributed by atoms with Gasteiger partial charge in [-0.3, -0.25) is 18.6 Å². The predicted molar refractivity (Wildman–Crippen MR) is 341 cm³/mol. The van der Waals surface area contributed by atoms with E-state index in [0.717, 1.165) is 116 Å². The van der Waals surface area contributed by atoms with Crippen molar-refractivity contribution >= 4 is 19.7 Å². The minimum Gasteiger partial charge on any atom is -0.456 e. The van der Waals surface area contributed by atoms with E-state index in [1.54, 1.807) is 0 Å². The molecule has 0 saturated heterocycles. The normalized spacial score (nSPS) is 14.2. The third-order valence-corrected chi connectivity index (χ3v) is 15.3. The molecule has 0 saturated carbocycles. The quantitative estimate of drug-likeness (QED) is 0.0205. The van der Waals surface area contributed by atoms with E-state index in [1.165, 1.54) is 141 Å². The zero-order chi connectivity index (χ0) is 57.9. The van der Waals surface area contributed by atoms with Crippen LogP contribution < -0.4 is 5.32 Å². The highest BCUT2D eigenvalue weighted by atomic mass is 31.2. The van der Waals surface area contributed by atoms with E-state index >= 15 is 0 Å². The maximum atomic E-state index is 13.6. The summed E-state index contributed by atoms with van der Waals surface area (Å²) in [6.45, 7) is 6.89. The summed E-state index contributed by atoms with van der Waals surface area (Å²) < 4.78 is 30.8. The Kier molecular flexibility index (Phi) is 56.3. The molecular weight excluding hydrogens is 1000 g/mol. The van der Waals surface area contributed by atoms with Crippen LogP contribution in [-0.2, 0) is 27.9 Å². The predicted octanol–water partition coefficient (Wildman–Crippen LogP) is 20.6. The number of nitrogens with zero attached hydrogens (tertiary/aromatic N) is 1. The van der Waals surface area contributed by atoms with Crippen LogP contribution in [0.2, 0.25) is 0 Å². The number of carbonyl (C=O) groups is 2. The molecule has 0 rings (SSSR count). The van der Waals surface area contributed by atoms with Crippen LogP contribution in [0, 0.1) is 0 Å². The number of esters is 1. The lowest BCUT2D eigenvalue weighted by Crippen LogP contribution is -2.47. The van der Waals surface area contributed by atoms with E-state index < -0.39 is 20.0 Å². The van der Waals surface area contributed by atoms with Crippen molar-refractivity contribution in [3.63, 3.8) is 0 Å². The maximum Gasteiger partial charge on any atom is 0.472 e. The van der Waals surface area contributed by atoms with Crippen LogP contribution in [0.5, 0.6) is 0 Å². The first-order valence-electron chi connectivity index (χ1n) is 32.9. The van der Waals surface area contributed by atoms with Crippen LogP contribution in [0.3, 0.4) is 0 Å². The van der Waals surface area contributed by atoms with E-state index in [0.29, 0.717) is 17.4 Å². The van der Waals surface area contributed by atoms with Crippen molar-refractivity contribution < 1.29 is 37.3 Å². The van der Waals surface area contributed by atoms with Gasteiger partial charge in [0, 0.05) is 12.8 Å². The van der Waals surface area contributed by atoms with Crippen molar-refractivity contribution in [2.45, 2.75) is 303 Å². The number of amides is 1. The molecule has 0 aliphatic heterocycles. The number of phosphoric acid groups is 1. The molecule has 79 heavy (non-hydrogen) atoms. The summed E-state index contributed by atoms with van der Waals surface area (Å²) in [4.78, 5) is 37.8. The smallest absolute Gasteiger partial charge is 0.456 e. The summed E-state index contributed by atoms with van der Waals surface area (Å²) in [5, 5.41) is 3.06. The average Bonchev–Trinajstić information content (AvgIpc) is 3.41. The molecule has 458 valence electrons. The van der Waals surface area contributed by atoms with Gasteiger partial charge in [-0.25, -0.2) is 4.57 Å². The fourth-order valence-corrected chi connectivity index (χ4v) is 9.99. The lowest BCUT2D eigenvalue weighted by molar-refractivity contribution is -0.870. The second-order valence-electron chi connectivity index (χ2n) is 23.3. The van der Waals surface area contributed by atoms with Gasteiger partial charge in [-0.2, -0.15) is 0 Å². The summed E-state index contributed by atoms with van der Waals surface area (Å²) in [5.74, 6) is -0.514. The fraction of sp³-hybridized carbons (Fsp3) is 0.768. The summed E-state index contributed by atoms with van der Waals surface area (Å²) in [6, 6.07) is -0.857. The number of unbranched alkanes of at least 4 members (excludes halogenated alkanes) is 31. The lowest BCUT2D eigenvalue weighted by Gasteiger charge is -2.27. The molecule has 0 aromatic carbocycles. The van der Waals surface area contributed by atoms with Gasteiger partial charge in [0.15, 0.2) is 0 Å². The first-order chi connectivity index (χ1) is 38.4. The number of carbonyl (C=O) groups excluding carboxylic acids is 2. The first kappa shape index (κ1) is 76.2. The van der Waals surface area contributed by atoms with Gasteiger partial charge in [0.05, 0.1) is 33.8 Å². The van der Waals surface area contributed by atoms with E-state index in [9.17, 15) is 19.0 Å². The van der Waals surface area contributed by atoms with Crippen molar-refractivity contribution in [3.8, 4) is 0 Å². The zero-order valence-electron chi connectivity index (χ0n) is 52.3. The van der Waals surface area contributed by atoms with Crippen LogP contribution in [0.4, 0.5) is 0 Å². The Labute approximate surface area is 488 Å². The molecule has 2 N–H and O–H groups in total. The number of hydrogen-bond acceptors (Lipinski definition) is 6. The Hall–Kier alpha value is -2.81. The van der Waals surface area contributed by atoms with Gasteiger partial charge in [-0.05, 0) is 102 Å². The molecule has 0 aromatic rings. The number of nitrogens with one attached hydrogen (secondary N) is 1. The number of phosphoric ester groups is 1. The summed E-state index contributed by atoms with van der Waals surface area (Å²) in [7, 11) is 1.49. The molecule has 0 spiro atoms. The number of allylic oxidation sites excluding steroid dienone is 13. The molecule has 0 aliphatic carbocycles. The molecular formula is C69H126N2O7P+. The minimum absolute atomic E-state index is 0.0357. The Morgan fingerprint density at radius 1 is 0.456 bits per heavy atom. The van der Waals surface area contributed by atoms with Crippen LogP contribution in [-0.4, -0.2) is 74.3 Å². The molecule has 0 aromatic heterocycles. The number of hydrogen-bond donors (Lipinski definition) is 2. The van der Waals surface area contributed by atoms with Gasteiger partial charge in [-0.15, -0.1) is 0 Å². The maximum absolute atomic E-state index is 13.6. The fourth-order valence-electron chi connectivity index (χ4n) is 9.26. The van der Waals surface area contributed by atoms with E-state index in [4.69, 9.17) is 13.8 Å². The van der Waals surface area contributed by atoms with Gasteiger partial charge < -0.3 is 19.4 Å². The van der Waals surface area contributed by atoms with Crippen LogP contribution in [0.25, 0.3) is 0 Å².